The van der Waals surface area contributed by atoms with Gasteiger partial charge in [-0.3, -0.25) is 4.79 Å². The molecule has 0 heterocycles. The highest BCUT2D eigenvalue weighted by atomic mass is 19.1. The van der Waals surface area contributed by atoms with Crippen molar-refractivity contribution in [1.82, 2.24) is 10.6 Å². The molecule has 112 valence electrons. The van der Waals surface area contributed by atoms with Gasteiger partial charge in [-0.05, 0) is 31.2 Å². The average molecular weight is 285 g/mol. The van der Waals surface area contributed by atoms with Gasteiger partial charge in [0.25, 0.3) is 0 Å². The number of hydrogen-bond acceptors (Lipinski definition) is 3. The van der Waals surface area contributed by atoms with Gasteiger partial charge in [0, 0.05) is 20.1 Å². The highest BCUT2D eigenvalue weighted by Crippen LogP contribution is 2.23. The molecule has 0 fully saturated rings. The van der Waals surface area contributed by atoms with Crippen molar-refractivity contribution < 1.29 is 13.6 Å². The van der Waals surface area contributed by atoms with Crippen LogP contribution in [0.1, 0.15) is 18.9 Å². The molecule has 0 spiro atoms. The van der Waals surface area contributed by atoms with E-state index < -0.39 is 11.6 Å². The van der Waals surface area contributed by atoms with Gasteiger partial charge in [-0.15, -0.1) is 0 Å². The second-order valence-electron chi connectivity index (χ2n) is 4.64. The van der Waals surface area contributed by atoms with Gasteiger partial charge in [-0.1, -0.05) is 6.92 Å². The van der Waals surface area contributed by atoms with Crippen LogP contribution in [0.2, 0.25) is 0 Å². The standard InChI is InChI=1S/C14H21F2N3O/c1-4-5-18-13(20)9-19(3)14-11(15)6-10(8-17-2)7-12(14)16/h6-7,17H,4-5,8-9H2,1-3H3,(H,18,20). The Morgan fingerprint density at radius 2 is 1.90 bits per heavy atom. The van der Waals surface area contributed by atoms with Crippen LogP contribution in [0.3, 0.4) is 0 Å². The number of nitrogens with one attached hydrogen (secondary N) is 2. The number of hydrogen-bond donors (Lipinski definition) is 2. The summed E-state index contributed by atoms with van der Waals surface area (Å²) >= 11 is 0. The number of rotatable bonds is 7. The number of anilines is 1. The zero-order valence-corrected chi connectivity index (χ0v) is 12.1. The van der Waals surface area contributed by atoms with Crippen LogP contribution in [0, 0.1) is 11.6 Å². The first-order chi connectivity index (χ1) is 9.49. The average Bonchev–Trinajstić information content (AvgIpc) is 2.35. The van der Waals surface area contributed by atoms with Gasteiger partial charge in [-0.25, -0.2) is 8.78 Å². The first-order valence-electron chi connectivity index (χ1n) is 6.60. The Hall–Kier alpha value is -1.69. The summed E-state index contributed by atoms with van der Waals surface area (Å²) in [5.41, 5.74) is 0.339. The lowest BCUT2D eigenvalue weighted by Crippen LogP contribution is -2.36. The number of amides is 1. The van der Waals surface area contributed by atoms with E-state index in [1.807, 2.05) is 6.92 Å². The monoisotopic (exact) mass is 285 g/mol. The molecule has 0 aliphatic rings. The van der Waals surface area contributed by atoms with E-state index in [-0.39, 0.29) is 18.1 Å². The van der Waals surface area contributed by atoms with Crippen molar-refractivity contribution in [1.29, 1.82) is 0 Å². The van der Waals surface area contributed by atoms with E-state index in [1.54, 1.807) is 7.05 Å². The minimum absolute atomic E-state index is 0.0841. The zero-order chi connectivity index (χ0) is 15.1. The molecule has 0 saturated heterocycles. The van der Waals surface area contributed by atoms with E-state index in [0.717, 1.165) is 6.42 Å². The molecule has 1 aromatic rings. The van der Waals surface area contributed by atoms with Crippen LogP contribution in [0.5, 0.6) is 0 Å². The number of benzene rings is 1. The summed E-state index contributed by atoms with van der Waals surface area (Å²) in [5.74, 6) is -1.59. The maximum atomic E-state index is 13.9. The minimum atomic E-state index is -0.666. The van der Waals surface area contributed by atoms with E-state index in [9.17, 15) is 13.6 Å². The van der Waals surface area contributed by atoms with Gasteiger partial charge in [0.05, 0.1) is 6.54 Å². The Balaban J connectivity index is 2.82. The lowest BCUT2D eigenvalue weighted by molar-refractivity contribution is -0.119. The van der Waals surface area contributed by atoms with E-state index >= 15 is 0 Å². The third kappa shape index (κ3) is 4.45. The maximum Gasteiger partial charge on any atom is 0.239 e. The quantitative estimate of drug-likeness (QED) is 0.800. The van der Waals surface area contributed by atoms with Crippen molar-refractivity contribution in [2.45, 2.75) is 19.9 Å². The van der Waals surface area contributed by atoms with Crippen molar-refractivity contribution in [2.75, 3.05) is 32.1 Å². The van der Waals surface area contributed by atoms with Gasteiger partial charge in [0.2, 0.25) is 5.91 Å². The largest absolute Gasteiger partial charge is 0.361 e. The summed E-state index contributed by atoms with van der Waals surface area (Å²) in [4.78, 5) is 12.8. The van der Waals surface area contributed by atoms with E-state index in [2.05, 4.69) is 10.6 Å². The molecule has 0 atom stereocenters. The zero-order valence-electron chi connectivity index (χ0n) is 12.1. The summed E-state index contributed by atoms with van der Waals surface area (Å²) in [6.07, 6.45) is 0.816. The summed E-state index contributed by atoms with van der Waals surface area (Å²) in [6.45, 7) is 2.79. The van der Waals surface area contributed by atoms with Crippen molar-refractivity contribution in [3.8, 4) is 0 Å². The van der Waals surface area contributed by atoms with E-state index in [4.69, 9.17) is 0 Å². The Morgan fingerprint density at radius 1 is 1.30 bits per heavy atom. The molecular weight excluding hydrogens is 264 g/mol. The lowest BCUT2D eigenvalue weighted by atomic mass is 10.1. The predicted octanol–water partition coefficient (Wildman–Crippen LogP) is 1.65. The third-order valence-corrected chi connectivity index (χ3v) is 2.79. The van der Waals surface area contributed by atoms with Crippen LogP contribution in [0.15, 0.2) is 12.1 Å². The predicted molar refractivity (Wildman–Crippen MR) is 75.7 cm³/mol. The molecule has 4 nitrogen and oxygen atoms in total. The lowest BCUT2D eigenvalue weighted by Gasteiger charge is -2.20. The minimum Gasteiger partial charge on any atom is -0.361 e. The van der Waals surface area contributed by atoms with Gasteiger partial charge < -0.3 is 15.5 Å². The molecule has 0 aliphatic heterocycles. The SMILES string of the molecule is CCCNC(=O)CN(C)c1c(F)cc(CNC)cc1F. The van der Waals surface area contributed by atoms with Gasteiger partial charge in [0.1, 0.15) is 17.3 Å². The summed E-state index contributed by atoms with van der Waals surface area (Å²) < 4.78 is 27.9. The fraction of sp³-hybridized carbons (Fsp3) is 0.500. The third-order valence-electron chi connectivity index (χ3n) is 2.79. The van der Waals surface area contributed by atoms with Crippen LogP contribution >= 0.6 is 0 Å². The van der Waals surface area contributed by atoms with Crippen LogP contribution in [-0.2, 0) is 11.3 Å². The first-order valence-corrected chi connectivity index (χ1v) is 6.60. The Kier molecular flexibility index (Phi) is 6.38. The molecule has 20 heavy (non-hydrogen) atoms. The highest BCUT2D eigenvalue weighted by molar-refractivity contribution is 5.81. The molecule has 1 rings (SSSR count). The van der Waals surface area contributed by atoms with Crippen molar-refractivity contribution in [3.05, 3.63) is 29.3 Å². The number of likely N-dealkylation sites (N-methyl/N-ethyl adjacent to an activating group) is 1. The molecule has 0 unspecified atom stereocenters. The van der Waals surface area contributed by atoms with E-state index in [1.165, 1.54) is 24.1 Å². The molecule has 0 radical (unpaired) electrons. The number of halogens is 2. The van der Waals surface area contributed by atoms with Gasteiger partial charge >= 0.3 is 0 Å². The molecule has 6 heteroatoms. The fourth-order valence-electron chi connectivity index (χ4n) is 1.90. The Labute approximate surface area is 118 Å². The van der Waals surface area contributed by atoms with Crippen molar-refractivity contribution >= 4 is 11.6 Å². The Bertz CT molecular complexity index is 443. The molecular formula is C14H21F2N3O. The highest BCUT2D eigenvalue weighted by Gasteiger charge is 2.17. The number of nitrogens with zero attached hydrogens (tertiary/aromatic N) is 1. The molecule has 1 amide bonds. The molecule has 0 aliphatic carbocycles. The molecule has 0 saturated carbocycles. The summed E-state index contributed by atoms with van der Waals surface area (Å²) in [5, 5.41) is 5.50. The van der Waals surface area contributed by atoms with Crippen LogP contribution < -0.4 is 15.5 Å². The molecule has 2 N–H and O–H groups in total. The van der Waals surface area contributed by atoms with Crippen LogP contribution in [0.25, 0.3) is 0 Å². The Morgan fingerprint density at radius 3 is 2.40 bits per heavy atom. The molecule has 1 aromatic carbocycles. The fourth-order valence-corrected chi connectivity index (χ4v) is 1.90. The normalized spacial score (nSPS) is 10.4. The topological polar surface area (TPSA) is 44.4 Å². The van der Waals surface area contributed by atoms with Gasteiger partial charge in [0.15, 0.2) is 0 Å². The second kappa shape index (κ2) is 7.79. The summed E-state index contributed by atoms with van der Waals surface area (Å²) in [6, 6.07) is 2.55. The maximum absolute atomic E-state index is 13.9. The molecule has 0 bridgehead atoms. The van der Waals surface area contributed by atoms with Gasteiger partial charge in [-0.2, -0.15) is 0 Å². The van der Waals surface area contributed by atoms with Crippen molar-refractivity contribution in [3.63, 3.8) is 0 Å². The second-order valence-corrected chi connectivity index (χ2v) is 4.64. The van der Waals surface area contributed by atoms with Crippen LogP contribution in [-0.4, -0.2) is 33.1 Å². The summed E-state index contributed by atoms with van der Waals surface area (Å²) in [7, 11) is 3.19. The van der Waals surface area contributed by atoms with E-state index in [0.29, 0.717) is 18.7 Å². The smallest absolute Gasteiger partial charge is 0.239 e. The van der Waals surface area contributed by atoms with Crippen molar-refractivity contribution in [2.24, 2.45) is 0 Å². The van der Waals surface area contributed by atoms with Crippen LogP contribution in [0.4, 0.5) is 14.5 Å². The number of carbonyl (C=O) groups is 1. The number of carbonyl (C=O) groups excluding carboxylic acids is 1. The molecule has 0 aromatic heterocycles. The first kappa shape index (κ1) is 16.4.